The van der Waals surface area contributed by atoms with E-state index in [0.717, 1.165) is 31.1 Å². The molecule has 0 bridgehead atoms. The highest BCUT2D eigenvalue weighted by atomic mass is 35.5. The maximum absolute atomic E-state index is 13.2. The molecule has 0 unspecified atom stereocenters. The van der Waals surface area contributed by atoms with Crippen molar-refractivity contribution in [2.24, 2.45) is 0 Å². The Labute approximate surface area is 242 Å². The summed E-state index contributed by atoms with van der Waals surface area (Å²) in [6.45, 7) is 1.13. The monoisotopic (exact) mass is 613 g/mol. The van der Waals surface area contributed by atoms with Crippen molar-refractivity contribution < 1.29 is 31.5 Å². The van der Waals surface area contributed by atoms with Crippen LogP contribution in [-0.4, -0.2) is 67.6 Å². The summed E-state index contributed by atoms with van der Waals surface area (Å²) in [5, 5.41) is 6.97. The molecule has 1 aromatic heterocycles. The first-order chi connectivity index (χ1) is 19.3. The number of carboxylic acid groups (broad SMARTS) is 1. The summed E-state index contributed by atoms with van der Waals surface area (Å²) >= 11 is 6.44. The molecule has 9 nitrogen and oxygen atoms in total. The van der Waals surface area contributed by atoms with E-state index in [1.54, 1.807) is 18.2 Å². The highest BCUT2D eigenvalue weighted by Gasteiger charge is 2.38. The Morgan fingerprint density at radius 2 is 1.93 bits per heavy atom. The highest BCUT2D eigenvalue weighted by molar-refractivity contribution is 7.92. The minimum atomic E-state index is -4.37. The first-order valence-corrected chi connectivity index (χ1v) is 14.4. The number of benzene rings is 2. The van der Waals surface area contributed by atoms with Gasteiger partial charge in [0.15, 0.2) is 0 Å². The van der Waals surface area contributed by atoms with Crippen LogP contribution in [0.5, 0.6) is 0 Å². The number of halogens is 4. The summed E-state index contributed by atoms with van der Waals surface area (Å²) in [6, 6.07) is 11.7. The van der Waals surface area contributed by atoms with Crippen molar-refractivity contribution in [3.63, 3.8) is 0 Å². The molecular formula is C27H31ClF3N5O4S. The highest BCUT2D eigenvalue weighted by Crippen LogP contribution is 2.36. The molecule has 1 aliphatic heterocycles. The van der Waals surface area contributed by atoms with E-state index in [1.807, 2.05) is 14.1 Å². The molecule has 0 aliphatic carbocycles. The number of aryl methyl sites for hydroxylation is 1. The van der Waals surface area contributed by atoms with E-state index in [4.69, 9.17) is 21.5 Å². The van der Waals surface area contributed by atoms with Gasteiger partial charge < -0.3 is 14.9 Å². The van der Waals surface area contributed by atoms with Crippen LogP contribution in [0, 0.1) is 0 Å². The second-order valence-corrected chi connectivity index (χ2v) is 11.8. The number of aromatic nitrogens is 2. The second kappa shape index (κ2) is 13.5. The zero-order valence-corrected chi connectivity index (χ0v) is 24.0. The van der Waals surface area contributed by atoms with E-state index < -0.39 is 21.8 Å². The van der Waals surface area contributed by atoms with Crippen LogP contribution in [0.25, 0.3) is 0 Å². The number of likely N-dealkylation sites (N-methyl/N-ethyl adjacent to an activating group) is 1. The summed E-state index contributed by atoms with van der Waals surface area (Å²) in [7, 11) is 0.00630. The third-order valence-electron chi connectivity index (χ3n) is 7.03. The molecule has 2 aromatic carbocycles. The first kappa shape index (κ1) is 32.1. The molecule has 14 heteroatoms. The number of nitrogens with one attached hydrogen (secondary N) is 1. The van der Waals surface area contributed by atoms with Crippen LogP contribution in [0.1, 0.15) is 30.4 Å². The van der Waals surface area contributed by atoms with Gasteiger partial charge in [0.2, 0.25) is 0 Å². The Morgan fingerprint density at radius 3 is 2.54 bits per heavy atom. The van der Waals surface area contributed by atoms with Gasteiger partial charge in [-0.15, -0.1) is 0 Å². The normalized spacial score (nSPS) is 17.5. The lowest BCUT2D eigenvalue weighted by molar-refractivity contribution is -0.137. The zero-order chi connectivity index (χ0) is 30.3. The van der Waals surface area contributed by atoms with E-state index in [1.165, 1.54) is 36.8 Å². The lowest BCUT2D eigenvalue weighted by Gasteiger charge is -2.48. The van der Waals surface area contributed by atoms with E-state index >= 15 is 0 Å². The zero-order valence-electron chi connectivity index (χ0n) is 22.5. The summed E-state index contributed by atoms with van der Waals surface area (Å²) in [4.78, 5) is 20.2. The third kappa shape index (κ3) is 8.30. The second-order valence-electron chi connectivity index (χ2n) is 9.76. The van der Waals surface area contributed by atoms with Gasteiger partial charge in [0, 0.05) is 30.5 Å². The molecule has 0 radical (unpaired) electrons. The number of anilines is 2. The van der Waals surface area contributed by atoms with Crippen molar-refractivity contribution in [2.75, 3.05) is 36.8 Å². The van der Waals surface area contributed by atoms with Crippen LogP contribution < -0.4 is 9.62 Å². The molecule has 41 heavy (non-hydrogen) atoms. The van der Waals surface area contributed by atoms with Crippen LogP contribution in [-0.2, 0) is 27.4 Å². The molecule has 2 N–H and O–H groups in total. The molecule has 1 aliphatic rings. The first-order valence-electron chi connectivity index (χ1n) is 12.6. The number of piperidine rings is 1. The van der Waals surface area contributed by atoms with Crippen LogP contribution in [0.3, 0.4) is 0 Å². The maximum atomic E-state index is 13.2. The van der Waals surface area contributed by atoms with Crippen LogP contribution in [0.4, 0.5) is 24.7 Å². The summed E-state index contributed by atoms with van der Waals surface area (Å²) < 4.78 is 67.6. The average molecular weight is 614 g/mol. The van der Waals surface area contributed by atoms with Gasteiger partial charge in [-0.05, 0) is 75.7 Å². The van der Waals surface area contributed by atoms with Gasteiger partial charge in [-0.3, -0.25) is 9.52 Å². The molecule has 0 saturated carbocycles. The third-order valence-corrected chi connectivity index (χ3v) is 8.87. The number of carbonyl (C=O) groups is 1. The average Bonchev–Trinajstić information content (AvgIpc) is 2.92. The Hall–Kier alpha value is -3.42. The Bertz CT molecular complexity index is 1430. The number of hydrogen-bond donors (Lipinski definition) is 2. The fourth-order valence-corrected chi connectivity index (χ4v) is 6.40. The van der Waals surface area contributed by atoms with Crippen molar-refractivity contribution in [1.82, 2.24) is 14.9 Å². The Balaban J connectivity index is 0.00000147. The number of sulfonamides is 1. The summed E-state index contributed by atoms with van der Waals surface area (Å²) in [6.07, 6.45) is 1.22. The molecular weight excluding hydrogens is 583 g/mol. The molecule has 0 amide bonds. The van der Waals surface area contributed by atoms with E-state index in [2.05, 4.69) is 24.5 Å². The molecule has 1 fully saturated rings. The molecule has 3 aromatic rings. The van der Waals surface area contributed by atoms with Gasteiger partial charge in [0.05, 0.1) is 10.6 Å². The largest absolute Gasteiger partial charge is 0.483 e. The van der Waals surface area contributed by atoms with E-state index in [-0.39, 0.29) is 27.7 Å². The van der Waals surface area contributed by atoms with Crippen LogP contribution in [0.15, 0.2) is 66.0 Å². The molecule has 222 valence electrons. The predicted octanol–water partition coefficient (Wildman–Crippen LogP) is 5.18. The van der Waals surface area contributed by atoms with Gasteiger partial charge in [-0.1, -0.05) is 29.8 Å². The lowest BCUT2D eigenvalue weighted by Crippen LogP contribution is -2.56. The minimum absolute atomic E-state index is 0.0676. The van der Waals surface area contributed by atoms with Crippen molar-refractivity contribution >= 4 is 39.6 Å². The van der Waals surface area contributed by atoms with Gasteiger partial charge in [0.25, 0.3) is 16.5 Å². The van der Waals surface area contributed by atoms with Gasteiger partial charge in [-0.25, -0.2) is 18.4 Å². The lowest BCUT2D eigenvalue weighted by atomic mass is 9.82. The maximum Gasteiger partial charge on any atom is 0.416 e. The smallest absolute Gasteiger partial charge is 0.416 e. The standard InChI is InChI=1S/C26H29ClF3N5O2S.CH2O2/c1-34(2)25(12-9-19-5-3-6-20(15-19)26(28,29)30)11-4-14-35(17-25)21-7-8-23(22(27)16-21)38(36,37)33-24-10-13-31-18-32-24;2-1-3/h3,5-8,10,13,15-16,18H,4,9,11-12,14,17H2,1-2H3,(H,31,32,33);1H,(H,2,3)/t25-;/m0./s1. The fraction of sp³-hybridized carbons (Fsp3) is 0.370. The number of nitrogens with zero attached hydrogens (tertiary/aromatic N) is 4. The van der Waals surface area contributed by atoms with E-state index in [9.17, 15) is 21.6 Å². The number of rotatable bonds is 8. The molecule has 4 rings (SSSR count). The van der Waals surface area contributed by atoms with Gasteiger partial charge in [0.1, 0.15) is 17.0 Å². The number of alkyl halides is 3. The Kier molecular flexibility index (Phi) is 10.6. The van der Waals surface area contributed by atoms with Crippen molar-refractivity contribution in [3.05, 3.63) is 77.2 Å². The summed E-state index contributed by atoms with van der Waals surface area (Å²) in [5.74, 6) is 0.132. The number of hydrogen-bond acceptors (Lipinski definition) is 7. The Morgan fingerprint density at radius 1 is 1.20 bits per heavy atom. The van der Waals surface area contributed by atoms with Crippen molar-refractivity contribution in [3.8, 4) is 0 Å². The topological polar surface area (TPSA) is 116 Å². The molecule has 1 saturated heterocycles. The fourth-order valence-electron chi connectivity index (χ4n) is 4.85. The SMILES string of the molecule is CN(C)[C@]1(CCc2cccc(C(F)(F)F)c2)CCCN(c2ccc(S(=O)(=O)Nc3ccncn3)c(Cl)c2)C1.O=CO. The molecule has 1 atom stereocenters. The van der Waals surface area contributed by atoms with Crippen molar-refractivity contribution in [1.29, 1.82) is 0 Å². The van der Waals surface area contributed by atoms with E-state index in [0.29, 0.717) is 24.9 Å². The van der Waals surface area contributed by atoms with Gasteiger partial charge >= 0.3 is 6.18 Å². The van der Waals surface area contributed by atoms with Crippen LogP contribution >= 0.6 is 11.6 Å². The minimum Gasteiger partial charge on any atom is -0.483 e. The molecule has 0 spiro atoms. The van der Waals surface area contributed by atoms with Gasteiger partial charge in [-0.2, -0.15) is 13.2 Å². The van der Waals surface area contributed by atoms with Crippen LogP contribution in [0.2, 0.25) is 5.02 Å². The predicted molar refractivity (Wildman–Crippen MR) is 151 cm³/mol. The quantitative estimate of drug-likeness (QED) is 0.334. The van der Waals surface area contributed by atoms with Crippen molar-refractivity contribution in [2.45, 2.75) is 42.3 Å². The molecule has 2 heterocycles. The summed E-state index contributed by atoms with van der Waals surface area (Å²) in [5.41, 5.74) is 0.504.